The molecule has 2 heterocycles. The summed E-state index contributed by atoms with van der Waals surface area (Å²) in [5.74, 6) is 0.00270. The monoisotopic (exact) mass is 459 g/mol. The Morgan fingerprint density at radius 1 is 0.970 bits per heavy atom. The van der Waals surface area contributed by atoms with E-state index >= 15 is 0 Å². The van der Waals surface area contributed by atoms with Crippen LogP contribution in [0.5, 0.6) is 0 Å². The Morgan fingerprint density at radius 2 is 1.70 bits per heavy atom. The molecule has 1 aromatic heterocycles. The van der Waals surface area contributed by atoms with Crippen LogP contribution >= 0.6 is 11.6 Å². The van der Waals surface area contributed by atoms with Gasteiger partial charge in [0.25, 0.3) is 11.6 Å². The van der Waals surface area contributed by atoms with Crippen LogP contribution < -0.4 is 4.90 Å². The highest BCUT2D eigenvalue weighted by Crippen LogP contribution is 2.42. The zero-order chi connectivity index (χ0) is 22.9. The number of amides is 1. The second-order valence-electron chi connectivity index (χ2n) is 7.72. The number of halogens is 1. The molecular formula is C24H18ClN5O3. The number of aromatic nitrogens is 3. The first-order chi connectivity index (χ1) is 16.0. The fraction of sp³-hybridized carbons (Fsp3) is 0.125. The summed E-state index contributed by atoms with van der Waals surface area (Å²) in [6.07, 6.45) is 1.96. The highest BCUT2D eigenvalue weighted by Gasteiger charge is 2.39. The van der Waals surface area contributed by atoms with Gasteiger partial charge in [0.05, 0.1) is 17.0 Å². The maximum atomic E-state index is 13.7. The zero-order valence-electron chi connectivity index (χ0n) is 17.3. The third-order valence-electron chi connectivity index (χ3n) is 5.78. The Morgan fingerprint density at radius 3 is 2.42 bits per heavy atom. The Labute approximate surface area is 194 Å². The third-order valence-corrected chi connectivity index (χ3v) is 6.04. The van der Waals surface area contributed by atoms with E-state index in [4.69, 9.17) is 11.6 Å². The number of nitro groups is 1. The lowest BCUT2D eigenvalue weighted by molar-refractivity contribution is -0.384. The Kier molecular flexibility index (Phi) is 5.35. The minimum absolute atomic E-state index is 0.144. The van der Waals surface area contributed by atoms with Gasteiger partial charge in [0, 0.05) is 22.7 Å². The van der Waals surface area contributed by atoms with Gasteiger partial charge in [-0.15, -0.1) is 0 Å². The third kappa shape index (κ3) is 3.85. The first kappa shape index (κ1) is 20.8. The second kappa shape index (κ2) is 8.48. The van der Waals surface area contributed by atoms with E-state index in [0.29, 0.717) is 17.4 Å². The van der Waals surface area contributed by atoms with Crippen molar-refractivity contribution in [2.75, 3.05) is 4.90 Å². The number of fused-ring (bicyclic) bond motifs is 1. The minimum atomic E-state index is -0.513. The molecule has 0 N–H and O–H groups in total. The van der Waals surface area contributed by atoms with Crippen molar-refractivity contribution < 1.29 is 9.72 Å². The highest BCUT2D eigenvalue weighted by molar-refractivity contribution is 6.30. The molecule has 0 spiro atoms. The lowest BCUT2D eigenvalue weighted by Gasteiger charge is -2.39. The molecular weight excluding hydrogens is 442 g/mol. The van der Waals surface area contributed by atoms with Crippen LogP contribution in [0.25, 0.3) is 0 Å². The number of carbonyl (C=O) groups excluding carboxylic acids is 1. The van der Waals surface area contributed by atoms with Crippen molar-refractivity contribution in [2.24, 2.45) is 0 Å². The quantitative estimate of drug-likeness (QED) is 0.308. The Balaban J connectivity index is 1.64. The maximum Gasteiger partial charge on any atom is 0.270 e. The van der Waals surface area contributed by atoms with Crippen LogP contribution in [0.1, 0.15) is 40.0 Å². The van der Waals surface area contributed by atoms with Gasteiger partial charge in [-0.05, 0) is 35.7 Å². The van der Waals surface area contributed by atoms with E-state index in [1.807, 2.05) is 54.6 Å². The van der Waals surface area contributed by atoms with Gasteiger partial charge in [-0.2, -0.15) is 10.1 Å². The Hall–Kier alpha value is -4.04. The van der Waals surface area contributed by atoms with Crippen molar-refractivity contribution in [3.8, 4) is 0 Å². The summed E-state index contributed by atoms with van der Waals surface area (Å²) in [6, 6.07) is 22.4. The van der Waals surface area contributed by atoms with Gasteiger partial charge >= 0.3 is 0 Å². The van der Waals surface area contributed by atoms with Gasteiger partial charge in [0.1, 0.15) is 6.33 Å². The van der Waals surface area contributed by atoms with E-state index < -0.39 is 4.92 Å². The molecule has 0 aliphatic carbocycles. The molecule has 0 saturated heterocycles. The van der Waals surface area contributed by atoms with E-state index in [-0.39, 0.29) is 29.2 Å². The summed E-state index contributed by atoms with van der Waals surface area (Å²) >= 11 is 6.09. The number of hydrogen-bond donors (Lipinski definition) is 0. The fourth-order valence-corrected chi connectivity index (χ4v) is 4.36. The summed E-state index contributed by atoms with van der Waals surface area (Å²) in [5.41, 5.74) is 2.00. The van der Waals surface area contributed by atoms with Crippen molar-refractivity contribution in [1.29, 1.82) is 0 Å². The number of anilines is 1. The summed E-state index contributed by atoms with van der Waals surface area (Å²) in [6.45, 7) is 0. The highest BCUT2D eigenvalue weighted by atomic mass is 35.5. The molecule has 0 unspecified atom stereocenters. The number of hydrogen-bond acceptors (Lipinski definition) is 5. The van der Waals surface area contributed by atoms with Crippen LogP contribution in [0.2, 0.25) is 5.02 Å². The second-order valence-corrected chi connectivity index (χ2v) is 8.15. The zero-order valence-corrected chi connectivity index (χ0v) is 18.0. The average Bonchev–Trinajstić information content (AvgIpc) is 3.34. The lowest BCUT2D eigenvalue weighted by atomic mass is 9.91. The molecule has 8 nitrogen and oxygen atoms in total. The molecule has 9 heteroatoms. The van der Waals surface area contributed by atoms with Crippen LogP contribution in [-0.2, 0) is 0 Å². The molecule has 33 heavy (non-hydrogen) atoms. The molecule has 0 bridgehead atoms. The lowest BCUT2D eigenvalue weighted by Crippen LogP contribution is -2.42. The van der Waals surface area contributed by atoms with Crippen molar-refractivity contribution in [3.05, 3.63) is 117 Å². The van der Waals surface area contributed by atoms with E-state index in [1.165, 1.54) is 24.5 Å². The summed E-state index contributed by atoms with van der Waals surface area (Å²) in [7, 11) is 0. The van der Waals surface area contributed by atoms with Crippen LogP contribution in [0.15, 0.2) is 85.2 Å². The number of benzene rings is 3. The minimum Gasteiger partial charge on any atom is -0.269 e. The topological polar surface area (TPSA) is 94.2 Å². The van der Waals surface area contributed by atoms with Crippen LogP contribution in [-0.4, -0.2) is 25.6 Å². The molecule has 2 atom stereocenters. The molecule has 0 radical (unpaired) electrons. The first-order valence-corrected chi connectivity index (χ1v) is 10.7. The van der Waals surface area contributed by atoms with Crippen LogP contribution in [0.4, 0.5) is 11.6 Å². The number of nitrogens with zero attached hydrogens (tertiary/aromatic N) is 5. The molecule has 164 valence electrons. The maximum absolute atomic E-state index is 13.7. The van der Waals surface area contributed by atoms with Crippen molar-refractivity contribution in [1.82, 2.24) is 14.8 Å². The summed E-state index contributed by atoms with van der Waals surface area (Å²) in [4.78, 5) is 30.4. The van der Waals surface area contributed by atoms with Crippen molar-refractivity contribution in [2.45, 2.75) is 18.5 Å². The average molecular weight is 460 g/mol. The molecule has 4 aromatic rings. The van der Waals surface area contributed by atoms with Gasteiger partial charge < -0.3 is 0 Å². The molecule has 1 aliphatic rings. The fourth-order valence-electron chi connectivity index (χ4n) is 4.24. The van der Waals surface area contributed by atoms with E-state index in [2.05, 4.69) is 10.1 Å². The molecule has 3 aromatic carbocycles. The SMILES string of the molecule is O=C(c1cccc([N+](=O)[O-])c1)N1c2ncnn2[C@@H](c2ccc(Cl)cc2)C[C@H]1c1ccccc1. The van der Waals surface area contributed by atoms with E-state index in [9.17, 15) is 14.9 Å². The molecule has 5 rings (SSSR count). The first-order valence-electron chi connectivity index (χ1n) is 10.3. The summed E-state index contributed by atoms with van der Waals surface area (Å²) in [5, 5.41) is 16.3. The molecule has 0 saturated carbocycles. The predicted molar refractivity (Wildman–Crippen MR) is 123 cm³/mol. The van der Waals surface area contributed by atoms with Gasteiger partial charge in [0.15, 0.2) is 0 Å². The van der Waals surface area contributed by atoms with Gasteiger partial charge in [-0.3, -0.25) is 19.8 Å². The smallest absolute Gasteiger partial charge is 0.269 e. The normalized spacial score (nSPS) is 17.4. The van der Waals surface area contributed by atoms with E-state index in [1.54, 1.807) is 15.6 Å². The predicted octanol–water partition coefficient (Wildman–Crippen LogP) is 5.22. The number of nitro benzene ring substituents is 1. The van der Waals surface area contributed by atoms with E-state index in [0.717, 1.165) is 11.1 Å². The van der Waals surface area contributed by atoms with Gasteiger partial charge in [0.2, 0.25) is 5.95 Å². The van der Waals surface area contributed by atoms with Crippen LogP contribution in [0, 0.1) is 10.1 Å². The largest absolute Gasteiger partial charge is 0.270 e. The van der Waals surface area contributed by atoms with Crippen molar-refractivity contribution in [3.63, 3.8) is 0 Å². The number of non-ortho nitro benzene ring substituents is 1. The number of rotatable bonds is 4. The molecule has 0 fully saturated rings. The van der Waals surface area contributed by atoms with Gasteiger partial charge in [-0.25, -0.2) is 4.68 Å². The number of carbonyl (C=O) groups is 1. The van der Waals surface area contributed by atoms with Crippen LogP contribution in [0.3, 0.4) is 0 Å². The Bertz CT molecular complexity index is 1320. The summed E-state index contributed by atoms with van der Waals surface area (Å²) < 4.78 is 1.72. The molecule has 1 amide bonds. The molecule has 1 aliphatic heterocycles. The van der Waals surface area contributed by atoms with Crippen molar-refractivity contribution >= 4 is 29.1 Å². The van der Waals surface area contributed by atoms with Gasteiger partial charge in [-0.1, -0.05) is 60.1 Å². The standard InChI is InChI=1S/C24H18ClN5O3/c25-19-11-9-17(10-12-19)22-14-21(16-5-2-1-3-6-16)28(24-26-15-27-29(22)24)23(31)18-7-4-8-20(13-18)30(32)33/h1-13,15,21-22H,14H2/t21-,22+/m0/s1.